The Bertz CT molecular complexity index is 1330. The minimum Gasteiger partial charge on any atom is -0.392 e. The summed E-state index contributed by atoms with van der Waals surface area (Å²) in [6.45, 7) is -0.249. The number of anilines is 1. The summed E-state index contributed by atoms with van der Waals surface area (Å²) in [6.07, 6.45) is -2.21. The summed E-state index contributed by atoms with van der Waals surface area (Å²) in [5.41, 5.74) is 7.78. The van der Waals surface area contributed by atoms with Crippen LogP contribution < -0.4 is 5.73 Å². The molecule has 0 saturated heterocycles. The zero-order valence-corrected chi connectivity index (χ0v) is 17.1. The van der Waals surface area contributed by atoms with Gasteiger partial charge in [0.05, 0.1) is 12.2 Å². The van der Waals surface area contributed by atoms with Crippen molar-refractivity contribution in [2.45, 2.75) is 25.6 Å². The van der Waals surface area contributed by atoms with Gasteiger partial charge in [-0.2, -0.15) is 18.3 Å². The van der Waals surface area contributed by atoms with Crippen molar-refractivity contribution in [2.75, 3.05) is 5.73 Å². The third-order valence-electron chi connectivity index (χ3n) is 5.26. The number of carbonyl (C=O) groups is 1. The molecule has 3 N–H and O–H groups in total. The van der Waals surface area contributed by atoms with Gasteiger partial charge in [-0.3, -0.25) is 4.79 Å². The minimum atomic E-state index is -4.62. The largest absolute Gasteiger partial charge is 0.416 e. The normalized spacial score (nSPS) is 11.8. The van der Waals surface area contributed by atoms with Crippen LogP contribution in [-0.4, -0.2) is 25.5 Å². The number of halogens is 4. The molecule has 0 bridgehead atoms. The van der Waals surface area contributed by atoms with Crippen LogP contribution in [0.4, 0.5) is 23.4 Å². The van der Waals surface area contributed by atoms with E-state index in [0.29, 0.717) is 39.9 Å². The summed E-state index contributed by atoms with van der Waals surface area (Å²) in [5, 5.41) is 13.8. The molecule has 2 heterocycles. The number of ketones is 1. The van der Waals surface area contributed by atoms with Crippen LogP contribution in [0.3, 0.4) is 0 Å². The van der Waals surface area contributed by atoms with Gasteiger partial charge in [0.2, 0.25) is 0 Å². The molecule has 10 heteroatoms. The number of nitrogens with zero attached hydrogens (tertiary/aromatic N) is 3. The van der Waals surface area contributed by atoms with Gasteiger partial charge in [-0.15, -0.1) is 0 Å². The highest BCUT2D eigenvalue weighted by Crippen LogP contribution is 2.33. The molecule has 33 heavy (non-hydrogen) atoms. The maximum atomic E-state index is 13.9. The summed E-state index contributed by atoms with van der Waals surface area (Å²) < 4.78 is 54.1. The van der Waals surface area contributed by atoms with Crippen molar-refractivity contribution < 1.29 is 27.5 Å². The third kappa shape index (κ3) is 4.56. The summed E-state index contributed by atoms with van der Waals surface area (Å²) in [7, 11) is 0. The molecule has 0 aliphatic rings. The molecule has 170 valence electrons. The number of aliphatic hydroxyl groups is 1. The first-order chi connectivity index (χ1) is 15.7. The Balaban J connectivity index is 1.55. The maximum absolute atomic E-state index is 13.9. The van der Waals surface area contributed by atoms with Crippen molar-refractivity contribution in [3.63, 3.8) is 0 Å². The van der Waals surface area contributed by atoms with Crippen molar-refractivity contribution in [3.8, 4) is 11.1 Å². The standard InChI is InChI=1S/C23H18F4N4O2/c24-19-6-5-17(23(25,26)27)8-15(19)9-18(33)7-13-1-3-14(4-2-13)20-16(11-32)10-31-21(20)22(28)29-12-30-31/h1-6,8,10,12,32H,7,9,11H2,(H2,28,29,30). The number of Topliss-reactive ketones (excluding diaryl/α,β-unsaturated/α-hetero) is 1. The van der Waals surface area contributed by atoms with Crippen molar-refractivity contribution >= 4 is 17.1 Å². The molecule has 0 aliphatic carbocycles. The third-order valence-corrected chi connectivity index (χ3v) is 5.26. The molecule has 2 aromatic heterocycles. The molecule has 0 saturated carbocycles. The highest BCUT2D eigenvalue weighted by molar-refractivity contribution is 5.90. The molecule has 0 aliphatic heterocycles. The lowest BCUT2D eigenvalue weighted by Gasteiger charge is -2.10. The fourth-order valence-electron chi connectivity index (χ4n) is 3.71. The molecule has 6 nitrogen and oxygen atoms in total. The second kappa shape index (κ2) is 8.62. The number of alkyl halides is 3. The number of aliphatic hydroxyl groups excluding tert-OH is 1. The summed E-state index contributed by atoms with van der Waals surface area (Å²) >= 11 is 0. The Kier molecular flexibility index (Phi) is 5.86. The van der Waals surface area contributed by atoms with Crippen LogP contribution in [0.15, 0.2) is 55.0 Å². The van der Waals surface area contributed by atoms with E-state index in [-0.39, 0.29) is 24.4 Å². The fourth-order valence-corrected chi connectivity index (χ4v) is 3.71. The van der Waals surface area contributed by atoms with Gasteiger partial charge in [-0.05, 0) is 34.9 Å². The number of aromatic nitrogens is 3. The summed E-state index contributed by atoms with van der Waals surface area (Å²) in [5.74, 6) is -1.05. The molecule has 2 aromatic carbocycles. The number of carbonyl (C=O) groups excluding carboxylic acids is 1. The van der Waals surface area contributed by atoms with E-state index in [1.807, 2.05) is 0 Å². The topological polar surface area (TPSA) is 93.5 Å². The van der Waals surface area contributed by atoms with E-state index in [9.17, 15) is 27.5 Å². The second-order valence-corrected chi connectivity index (χ2v) is 7.52. The van der Waals surface area contributed by atoms with E-state index in [4.69, 9.17) is 5.73 Å². The number of hydrogen-bond donors (Lipinski definition) is 2. The van der Waals surface area contributed by atoms with Gasteiger partial charge in [0.1, 0.15) is 23.4 Å². The van der Waals surface area contributed by atoms with Crippen LogP contribution in [0.25, 0.3) is 16.6 Å². The molecule has 0 radical (unpaired) electrons. The Morgan fingerprint density at radius 2 is 1.79 bits per heavy atom. The van der Waals surface area contributed by atoms with Gasteiger partial charge in [0.25, 0.3) is 0 Å². The SMILES string of the molecule is Nc1ncnn2cc(CO)c(-c3ccc(CC(=O)Cc4cc(C(F)(F)F)ccc4F)cc3)c12. The summed E-state index contributed by atoms with van der Waals surface area (Å²) in [4.78, 5) is 16.4. The van der Waals surface area contributed by atoms with Gasteiger partial charge >= 0.3 is 6.18 Å². The zero-order valence-electron chi connectivity index (χ0n) is 17.1. The van der Waals surface area contributed by atoms with Crippen LogP contribution in [-0.2, 0) is 30.4 Å². The Morgan fingerprint density at radius 1 is 1.06 bits per heavy atom. The molecule has 0 amide bonds. The van der Waals surface area contributed by atoms with E-state index in [2.05, 4.69) is 10.1 Å². The predicted octanol–water partition coefficient (Wildman–Crippen LogP) is 3.98. The van der Waals surface area contributed by atoms with E-state index in [1.165, 1.54) is 10.8 Å². The van der Waals surface area contributed by atoms with Gasteiger partial charge in [-0.25, -0.2) is 13.9 Å². The molecular formula is C23H18F4N4O2. The van der Waals surface area contributed by atoms with Gasteiger partial charge < -0.3 is 10.8 Å². The van der Waals surface area contributed by atoms with Crippen LogP contribution in [0.2, 0.25) is 0 Å². The number of hydrogen-bond acceptors (Lipinski definition) is 5. The van der Waals surface area contributed by atoms with Crippen LogP contribution >= 0.6 is 0 Å². The Morgan fingerprint density at radius 3 is 2.45 bits per heavy atom. The lowest BCUT2D eigenvalue weighted by Crippen LogP contribution is -2.11. The predicted molar refractivity (Wildman–Crippen MR) is 113 cm³/mol. The summed E-state index contributed by atoms with van der Waals surface area (Å²) in [6, 6.07) is 8.85. The number of rotatable bonds is 6. The van der Waals surface area contributed by atoms with E-state index in [1.54, 1.807) is 30.5 Å². The lowest BCUT2D eigenvalue weighted by molar-refractivity contribution is -0.137. The molecule has 0 spiro atoms. The minimum absolute atomic E-state index is 0.0788. The van der Waals surface area contributed by atoms with Crippen LogP contribution in [0, 0.1) is 5.82 Å². The van der Waals surface area contributed by atoms with Crippen molar-refractivity contribution in [3.05, 3.63) is 83.1 Å². The van der Waals surface area contributed by atoms with Crippen molar-refractivity contribution in [1.29, 1.82) is 0 Å². The monoisotopic (exact) mass is 458 g/mol. The molecular weight excluding hydrogens is 440 g/mol. The van der Waals surface area contributed by atoms with Gasteiger partial charge in [-0.1, -0.05) is 24.3 Å². The highest BCUT2D eigenvalue weighted by atomic mass is 19.4. The fraction of sp³-hybridized carbons (Fsp3) is 0.174. The molecule has 0 fully saturated rings. The average Bonchev–Trinajstić information content (AvgIpc) is 3.15. The Labute approximate surface area is 185 Å². The lowest BCUT2D eigenvalue weighted by atomic mass is 9.97. The average molecular weight is 458 g/mol. The van der Waals surface area contributed by atoms with E-state index < -0.39 is 29.8 Å². The van der Waals surface area contributed by atoms with Crippen LogP contribution in [0.1, 0.15) is 22.3 Å². The first kappa shape index (κ1) is 22.4. The van der Waals surface area contributed by atoms with Crippen LogP contribution in [0.5, 0.6) is 0 Å². The van der Waals surface area contributed by atoms with Crippen molar-refractivity contribution in [2.24, 2.45) is 0 Å². The quantitative estimate of drug-likeness (QED) is 0.427. The zero-order chi connectivity index (χ0) is 23.8. The number of fused-ring (bicyclic) bond motifs is 1. The molecule has 0 atom stereocenters. The van der Waals surface area contributed by atoms with E-state index in [0.717, 1.165) is 6.07 Å². The first-order valence-electron chi connectivity index (χ1n) is 9.85. The van der Waals surface area contributed by atoms with Crippen molar-refractivity contribution in [1.82, 2.24) is 14.6 Å². The second-order valence-electron chi connectivity index (χ2n) is 7.52. The molecule has 4 aromatic rings. The Hall–Kier alpha value is -3.79. The maximum Gasteiger partial charge on any atom is 0.416 e. The molecule has 4 rings (SSSR count). The number of benzene rings is 2. The highest BCUT2D eigenvalue weighted by Gasteiger charge is 2.31. The first-order valence-corrected chi connectivity index (χ1v) is 9.85. The smallest absolute Gasteiger partial charge is 0.392 e. The number of nitrogen functional groups attached to an aromatic ring is 1. The van der Waals surface area contributed by atoms with Gasteiger partial charge in [0.15, 0.2) is 5.82 Å². The van der Waals surface area contributed by atoms with Gasteiger partial charge in [0, 0.05) is 30.2 Å². The molecule has 0 unspecified atom stereocenters. The van der Waals surface area contributed by atoms with E-state index >= 15 is 0 Å². The number of nitrogens with two attached hydrogens (primary N) is 1.